The van der Waals surface area contributed by atoms with E-state index >= 15 is 0 Å². The van der Waals surface area contributed by atoms with E-state index in [-0.39, 0.29) is 30.4 Å². The molecule has 0 spiro atoms. The van der Waals surface area contributed by atoms with E-state index in [4.69, 9.17) is 0 Å². The molecule has 0 unspecified atom stereocenters. The number of anilines is 1. The van der Waals surface area contributed by atoms with Crippen molar-refractivity contribution in [2.45, 2.75) is 24.8 Å². The molecule has 2 N–H and O–H groups in total. The first kappa shape index (κ1) is 15.7. The number of amides is 1. The molecule has 0 bridgehead atoms. The van der Waals surface area contributed by atoms with Gasteiger partial charge in [0.15, 0.2) is 5.03 Å². The van der Waals surface area contributed by atoms with Crippen LogP contribution in [0.2, 0.25) is 0 Å². The Hall–Kier alpha value is -1.67. The van der Waals surface area contributed by atoms with E-state index in [1.54, 1.807) is 12.1 Å². The van der Waals surface area contributed by atoms with Crippen LogP contribution in [0.5, 0.6) is 0 Å². The quantitative estimate of drug-likeness (QED) is 0.822. The van der Waals surface area contributed by atoms with Crippen molar-refractivity contribution in [1.29, 1.82) is 0 Å². The number of nitrogens with one attached hydrogen (secondary N) is 2. The van der Waals surface area contributed by atoms with Crippen molar-refractivity contribution in [1.82, 2.24) is 14.6 Å². The van der Waals surface area contributed by atoms with Gasteiger partial charge >= 0.3 is 0 Å². The summed E-state index contributed by atoms with van der Waals surface area (Å²) in [6.07, 6.45) is 2.52. The lowest BCUT2D eigenvalue weighted by molar-refractivity contribution is -0.120. The summed E-state index contributed by atoms with van der Waals surface area (Å²) in [6.45, 7) is 3.44. The highest BCUT2D eigenvalue weighted by Gasteiger charge is 2.29. The van der Waals surface area contributed by atoms with Crippen molar-refractivity contribution in [3.05, 3.63) is 18.3 Å². The second kappa shape index (κ2) is 6.86. The minimum atomic E-state index is -3.70. The summed E-state index contributed by atoms with van der Waals surface area (Å²) >= 11 is 0. The highest BCUT2D eigenvalue weighted by atomic mass is 32.2. The van der Waals surface area contributed by atoms with Crippen LogP contribution in [0.3, 0.4) is 0 Å². The highest BCUT2D eigenvalue weighted by Crippen LogP contribution is 2.22. The second-order valence-corrected chi connectivity index (χ2v) is 6.64. The zero-order chi connectivity index (χ0) is 15.3. The number of hydrogen-bond acceptors (Lipinski definition) is 5. The summed E-state index contributed by atoms with van der Waals surface area (Å²) in [4.78, 5) is 15.4. The number of pyridine rings is 1. The first-order valence-electron chi connectivity index (χ1n) is 7.01. The van der Waals surface area contributed by atoms with Crippen LogP contribution in [0, 0.1) is 0 Å². The standard InChI is InChI=1S/C13H20N4O3S/c1-2-6-14-11-4-3-7-16-13(11)21(19,20)17-9-5-12(18)15-8-10-17/h3-4,7,14H,2,5-6,8-10H2,1H3,(H,15,18). The van der Waals surface area contributed by atoms with Gasteiger partial charge in [-0.3, -0.25) is 4.79 Å². The molecule has 7 nitrogen and oxygen atoms in total. The highest BCUT2D eigenvalue weighted by molar-refractivity contribution is 7.89. The summed E-state index contributed by atoms with van der Waals surface area (Å²) in [5.74, 6) is -0.127. The SMILES string of the molecule is CCCNc1cccnc1S(=O)(=O)N1CCNC(=O)CC1. The number of hydrogen-bond donors (Lipinski definition) is 2. The third-order valence-electron chi connectivity index (χ3n) is 3.19. The van der Waals surface area contributed by atoms with Gasteiger partial charge < -0.3 is 10.6 Å². The Morgan fingerprint density at radius 3 is 3.00 bits per heavy atom. The molecule has 1 aromatic rings. The maximum atomic E-state index is 12.7. The van der Waals surface area contributed by atoms with Crippen LogP contribution in [0.4, 0.5) is 5.69 Å². The van der Waals surface area contributed by atoms with Crippen molar-refractivity contribution < 1.29 is 13.2 Å². The van der Waals surface area contributed by atoms with Crippen LogP contribution in [-0.4, -0.2) is 49.8 Å². The molecule has 8 heteroatoms. The Bertz CT molecular complexity index is 603. The van der Waals surface area contributed by atoms with Crippen molar-refractivity contribution in [3.8, 4) is 0 Å². The van der Waals surface area contributed by atoms with Crippen molar-refractivity contribution in [2.24, 2.45) is 0 Å². The van der Waals surface area contributed by atoms with Crippen LogP contribution in [0.25, 0.3) is 0 Å². The van der Waals surface area contributed by atoms with E-state index in [0.717, 1.165) is 6.42 Å². The number of nitrogens with zero attached hydrogens (tertiary/aromatic N) is 2. The molecule has 0 aliphatic carbocycles. The van der Waals surface area contributed by atoms with E-state index < -0.39 is 10.0 Å². The van der Waals surface area contributed by atoms with Gasteiger partial charge in [-0.25, -0.2) is 13.4 Å². The predicted octanol–water partition coefficient (Wildman–Crippen LogP) is 0.414. The van der Waals surface area contributed by atoms with Gasteiger partial charge in [0.25, 0.3) is 10.0 Å². The molecular weight excluding hydrogens is 292 g/mol. The molecule has 1 amide bonds. The smallest absolute Gasteiger partial charge is 0.262 e. The Morgan fingerprint density at radius 1 is 1.43 bits per heavy atom. The molecule has 1 fully saturated rings. The van der Waals surface area contributed by atoms with Crippen LogP contribution in [0.15, 0.2) is 23.4 Å². The van der Waals surface area contributed by atoms with Gasteiger partial charge in [-0.05, 0) is 18.6 Å². The van der Waals surface area contributed by atoms with Gasteiger partial charge in [0, 0.05) is 38.8 Å². The number of carbonyl (C=O) groups excluding carboxylic acids is 1. The minimum absolute atomic E-state index is 0.0211. The van der Waals surface area contributed by atoms with Gasteiger partial charge in [0.05, 0.1) is 5.69 Å². The molecule has 0 saturated carbocycles. The number of carbonyl (C=O) groups is 1. The van der Waals surface area contributed by atoms with E-state index in [2.05, 4.69) is 15.6 Å². The lowest BCUT2D eigenvalue weighted by atomic mass is 10.4. The normalized spacial score (nSPS) is 17.1. The van der Waals surface area contributed by atoms with E-state index in [1.165, 1.54) is 10.5 Å². The minimum Gasteiger partial charge on any atom is -0.383 e. The third-order valence-corrected chi connectivity index (χ3v) is 5.05. The van der Waals surface area contributed by atoms with E-state index in [0.29, 0.717) is 18.8 Å². The lowest BCUT2D eigenvalue weighted by Crippen LogP contribution is -2.35. The number of sulfonamides is 1. The molecule has 2 rings (SSSR count). The molecule has 1 saturated heterocycles. The van der Waals surface area contributed by atoms with Gasteiger partial charge in [-0.2, -0.15) is 4.31 Å². The van der Waals surface area contributed by atoms with E-state index in [1.807, 2.05) is 6.92 Å². The first-order chi connectivity index (χ1) is 10.1. The Kier molecular flexibility index (Phi) is 5.13. The number of rotatable bonds is 5. The summed E-state index contributed by atoms with van der Waals surface area (Å²) in [7, 11) is -3.70. The Morgan fingerprint density at radius 2 is 2.24 bits per heavy atom. The zero-order valence-corrected chi connectivity index (χ0v) is 12.8. The second-order valence-electron chi connectivity index (χ2n) is 4.79. The Labute approximate surface area is 124 Å². The average Bonchev–Trinajstić information content (AvgIpc) is 2.70. The van der Waals surface area contributed by atoms with Crippen molar-refractivity contribution >= 4 is 21.6 Å². The van der Waals surface area contributed by atoms with Crippen LogP contribution < -0.4 is 10.6 Å². The van der Waals surface area contributed by atoms with Gasteiger partial charge in [-0.1, -0.05) is 6.92 Å². The fourth-order valence-corrected chi connectivity index (χ4v) is 3.62. The summed E-state index contributed by atoms with van der Waals surface area (Å²) < 4.78 is 26.7. The maximum absolute atomic E-state index is 12.7. The molecule has 1 aliphatic heterocycles. The lowest BCUT2D eigenvalue weighted by Gasteiger charge is -2.20. The van der Waals surface area contributed by atoms with Crippen molar-refractivity contribution in [3.63, 3.8) is 0 Å². The molecule has 0 aromatic carbocycles. The third kappa shape index (κ3) is 3.70. The number of aromatic nitrogens is 1. The maximum Gasteiger partial charge on any atom is 0.262 e. The Balaban J connectivity index is 2.28. The summed E-state index contributed by atoms with van der Waals surface area (Å²) in [5.41, 5.74) is 0.503. The van der Waals surface area contributed by atoms with Crippen LogP contribution >= 0.6 is 0 Å². The first-order valence-corrected chi connectivity index (χ1v) is 8.45. The zero-order valence-electron chi connectivity index (χ0n) is 12.0. The monoisotopic (exact) mass is 312 g/mol. The predicted molar refractivity (Wildman–Crippen MR) is 79.4 cm³/mol. The molecule has 116 valence electrons. The molecule has 0 atom stereocenters. The van der Waals surface area contributed by atoms with Crippen LogP contribution in [-0.2, 0) is 14.8 Å². The largest absolute Gasteiger partial charge is 0.383 e. The average molecular weight is 312 g/mol. The van der Waals surface area contributed by atoms with Crippen LogP contribution in [0.1, 0.15) is 19.8 Å². The van der Waals surface area contributed by atoms with E-state index in [9.17, 15) is 13.2 Å². The molecule has 2 heterocycles. The van der Waals surface area contributed by atoms with Crippen molar-refractivity contribution in [2.75, 3.05) is 31.5 Å². The molecular formula is C13H20N4O3S. The molecule has 21 heavy (non-hydrogen) atoms. The summed E-state index contributed by atoms with van der Waals surface area (Å²) in [6, 6.07) is 3.40. The topological polar surface area (TPSA) is 91.4 Å². The molecule has 0 radical (unpaired) electrons. The summed E-state index contributed by atoms with van der Waals surface area (Å²) in [5, 5.41) is 5.77. The fourth-order valence-electron chi connectivity index (χ4n) is 2.10. The fraction of sp³-hybridized carbons (Fsp3) is 0.538. The molecule has 1 aliphatic rings. The van der Waals surface area contributed by atoms with Gasteiger partial charge in [-0.15, -0.1) is 0 Å². The van der Waals surface area contributed by atoms with Gasteiger partial charge in [0.1, 0.15) is 0 Å². The van der Waals surface area contributed by atoms with Gasteiger partial charge in [0.2, 0.25) is 5.91 Å². The molecule has 1 aromatic heterocycles.